The van der Waals surface area contributed by atoms with Crippen LogP contribution in [-0.2, 0) is 5.75 Å². The van der Waals surface area contributed by atoms with Gasteiger partial charge in [0.1, 0.15) is 4.34 Å². The predicted molar refractivity (Wildman–Crippen MR) is 136 cm³/mol. The summed E-state index contributed by atoms with van der Waals surface area (Å²) in [6.45, 7) is 3.82. The fourth-order valence-electron chi connectivity index (χ4n) is 3.23. The molecule has 0 aliphatic carbocycles. The number of thiazole rings is 1. The maximum atomic E-state index is 12.8. The van der Waals surface area contributed by atoms with Crippen LogP contribution in [0.4, 0.5) is 11.4 Å². The van der Waals surface area contributed by atoms with E-state index < -0.39 is 0 Å². The normalized spacial score (nSPS) is 10.6. The molecule has 4 aromatic rings. The van der Waals surface area contributed by atoms with Gasteiger partial charge in [-0.2, -0.15) is 0 Å². The first-order valence-electron chi connectivity index (χ1n) is 10.4. The van der Waals surface area contributed by atoms with Gasteiger partial charge in [-0.3, -0.25) is 9.59 Å². The van der Waals surface area contributed by atoms with Crippen molar-refractivity contribution in [1.82, 2.24) is 4.98 Å². The molecule has 2 amide bonds. The van der Waals surface area contributed by atoms with Crippen LogP contribution in [0, 0.1) is 13.8 Å². The molecule has 0 aliphatic rings. The lowest BCUT2D eigenvalue weighted by Gasteiger charge is -2.13. The van der Waals surface area contributed by atoms with Crippen molar-refractivity contribution in [3.63, 3.8) is 0 Å². The quantitative estimate of drug-likeness (QED) is 0.298. The van der Waals surface area contributed by atoms with Crippen LogP contribution in [0.2, 0.25) is 0 Å². The van der Waals surface area contributed by atoms with Gasteiger partial charge >= 0.3 is 0 Å². The van der Waals surface area contributed by atoms with Gasteiger partial charge in [0.15, 0.2) is 0 Å². The topological polar surface area (TPSA) is 71.1 Å². The zero-order valence-electron chi connectivity index (χ0n) is 18.3. The number of aryl methyl sites for hydroxylation is 1. The number of aromatic nitrogens is 1. The van der Waals surface area contributed by atoms with Gasteiger partial charge in [-0.05, 0) is 61.4 Å². The van der Waals surface area contributed by atoms with E-state index in [9.17, 15) is 9.59 Å². The number of carbonyl (C=O) groups is 2. The summed E-state index contributed by atoms with van der Waals surface area (Å²) < 4.78 is 1.04. The number of hydrogen-bond acceptors (Lipinski definition) is 5. The molecule has 0 spiro atoms. The molecule has 0 atom stereocenters. The van der Waals surface area contributed by atoms with Gasteiger partial charge in [-0.15, -0.1) is 11.3 Å². The molecule has 1 aromatic heterocycles. The summed E-state index contributed by atoms with van der Waals surface area (Å²) in [6, 6.07) is 22.2. The van der Waals surface area contributed by atoms with E-state index in [0.29, 0.717) is 22.4 Å². The zero-order valence-corrected chi connectivity index (χ0v) is 19.9. The van der Waals surface area contributed by atoms with Crippen LogP contribution in [0.3, 0.4) is 0 Å². The molecule has 0 saturated heterocycles. The zero-order chi connectivity index (χ0) is 23.2. The highest BCUT2D eigenvalue weighted by molar-refractivity contribution is 8.00. The molecule has 0 unspecified atom stereocenters. The van der Waals surface area contributed by atoms with Gasteiger partial charge in [0.05, 0.1) is 0 Å². The van der Waals surface area contributed by atoms with E-state index >= 15 is 0 Å². The highest BCUT2D eigenvalue weighted by atomic mass is 32.2. The van der Waals surface area contributed by atoms with E-state index in [-0.39, 0.29) is 11.8 Å². The highest BCUT2D eigenvalue weighted by Gasteiger charge is 2.14. The van der Waals surface area contributed by atoms with Crippen molar-refractivity contribution < 1.29 is 9.59 Å². The number of nitrogens with one attached hydrogen (secondary N) is 2. The second-order valence-corrected chi connectivity index (χ2v) is 9.57. The van der Waals surface area contributed by atoms with Crippen molar-refractivity contribution in [3.05, 3.63) is 106 Å². The van der Waals surface area contributed by atoms with Crippen LogP contribution < -0.4 is 10.6 Å². The third-order valence-corrected chi connectivity index (χ3v) is 7.24. The van der Waals surface area contributed by atoms with E-state index in [1.807, 2.05) is 73.8 Å². The Balaban J connectivity index is 1.40. The van der Waals surface area contributed by atoms with Crippen molar-refractivity contribution >= 4 is 46.3 Å². The third kappa shape index (κ3) is 5.88. The number of rotatable bonds is 7. The Bertz CT molecular complexity index is 1270. The van der Waals surface area contributed by atoms with Gasteiger partial charge < -0.3 is 10.6 Å². The molecule has 4 rings (SSSR count). The summed E-state index contributed by atoms with van der Waals surface area (Å²) >= 11 is 3.33. The van der Waals surface area contributed by atoms with Crippen molar-refractivity contribution in [2.45, 2.75) is 23.9 Å². The molecule has 0 bridgehead atoms. The first-order valence-corrected chi connectivity index (χ1v) is 12.3. The summed E-state index contributed by atoms with van der Waals surface area (Å²) in [4.78, 5) is 30.0. The van der Waals surface area contributed by atoms with Crippen LogP contribution >= 0.6 is 23.1 Å². The molecule has 7 heteroatoms. The fourth-order valence-corrected chi connectivity index (χ4v) is 5.03. The SMILES string of the molecule is Cc1csc(SCc2ccc(C(=O)Nc3cccc(C(=O)Nc4ccccc4)c3C)cc2)n1. The van der Waals surface area contributed by atoms with Crippen molar-refractivity contribution in [3.8, 4) is 0 Å². The second kappa shape index (κ2) is 10.5. The van der Waals surface area contributed by atoms with Crippen LogP contribution in [0.15, 0.2) is 82.5 Å². The van der Waals surface area contributed by atoms with Crippen LogP contribution in [0.25, 0.3) is 0 Å². The fraction of sp³-hybridized carbons (Fsp3) is 0.115. The monoisotopic (exact) mass is 473 g/mol. The Hall–Kier alpha value is -3.42. The third-order valence-electron chi connectivity index (χ3n) is 5.03. The number of para-hydroxylation sites is 1. The molecule has 3 aromatic carbocycles. The lowest BCUT2D eigenvalue weighted by Crippen LogP contribution is -2.17. The minimum Gasteiger partial charge on any atom is -0.322 e. The lowest BCUT2D eigenvalue weighted by atomic mass is 10.1. The Morgan fingerprint density at radius 3 is 2.33 bits per heavy atom. The van der Waals surface area contributed by atoms with Crippen LogP contribution in [0.1, 0.15) is 37.5 Å². The van der Waals surface area contributed by atoms with Crippen LogP contribution in [0.5, 0.6) is 0 Å². The first-order chi connectivity index (χ1) is 16.0. The maximum Gasteiger partial charge on any atom is 0.256 e. The van der Waals surface area contributed by atoms with Crippen molar-refractivity contribution in [2.24, 2.45) is 0 Å². The second-order valence-electron chi connectivity index (χ2n) is 7.49. The van der Waals surface area contributed by atoms with Gasteiger partial charge in [-0.25, -0.2) is 4.98 Å². The predicted octanol–water partition coefficient (Wildman–Crippen LogP) is 6.56. The Morgan fingerprint density at radius 2 is 1.64 bits per heavy atom. The molecular weight excluding hydrogens is 450 g/mol. The molecule has 166 valence electrons. The van der Waals surface area contributed by atoms with Gasteiger partial charge in [0, 0.05) is 39.3 Å². The molecule has 5 nitrogen and oxygen atoms in total. The number of anilines is 2. The summed E-state index contributed by atoms with van der Waals surface area (Å²) in [5, 5.41) is 7.86. The Kier molecular flexibility index (Phi) is 7.22. The van der Waals surface area contributed by atoms with Crippen molar-refractivity contribution in [1.29, 1.82) is 0 Å². The highest BCUT2D eigenvalue weighted by Crippen LogP contribution is 2.26. The number of hydrogen-bond donors (Lipinski definition) is 2. The Labute approximate surface area is 201 Å². The van der Waals surface area contributed by atoms with Gasteiger partial charge in [0.2, 0.25) is 0 Å². The van der Waals surface area contributed by atoms with E-state index in [2.05, 4.69) is 15.6 Å². The smallest absolute Gasteiger partial charge is 0.256 e. The van der Waals surface area contributed by atoms with E-state index in [0.717, 1.165) is 27.0 Å². The molecule has 0 fully saturated rings. The standard InChI is InChI=1S/C26H23N3O2S2/c1-17-15-32-26(27-17)33-16-19-11-13-20(14-12-19)24(30)29-23-10-6-9-22(18(23)2)25(31)28-21-7-4-3-5-8-21/h3-15H,16H2,1-2H3,(H,28,31)(H,29,30). The molecule has 33 heavy (non-hydrogen) atoms. The lowest BCUT2D eigenvalue weighted by molar-refractivity contribution is 0.101. The average molecular weight is 474 g/mol. The van der Waals surface area contributed by atoms with E-state index in [1.54, 1.807) is 41.3 Å². The number of thioether (sulfide) groups is 1. The van der Waals surface area contributed by atoms with Gasteiger partial charge in [-0.1, -0.05) is 48.2 Å². The molecular formula is C26H23N3O2S2. The number of benzene rings is 3. The largest absolute Gasteiger partial charge is 0.322 e. The number of nitrogens with zero attached hydrogens (tertiary/aromatic N) is 1. The van der Waals surface area contributed by atoms with Crippen molar-refractivity contribution in [2.75, 3.05) is 10.6 Å². The van der Waals surface area contributed by atoms with Crippen LogP contribution in [-0.4, -0.2) is 16.8 Å². The minimum atomic E-state index is -0.216. The minimum absolute atomic E-state index is 0.214. The molecule has 1 heterocycles. The number of carbonyl (C=O) groups excluding carboxylic acids is 2. The Morgan fingerprint density at radius 1 is 0.879 bits per heavy atom. The summed E-state index contributed by atoms with van der Waals surface area (Å²) in [5.41, 5.74) is 5.28. The first kappa shape index (κ1) is 22.8. The molecule has 2 N–H and O–H groups in total. The molecule has 0 radical (unpaired) electrons. The average Bonchev–Trinajstić information content (AvgIpc) is 3.25. The molecule has 0 aliphatic heterocycles. The number of amides is 2. The summed E-state index contributed by atoms with van der Waals surface area (Å²) in [7, 11) is 0. The summed E-state index contributed by atoms with van der Waals surface area (Å²) in [6.07, 6.45) is 0. The molecule has 0 saturated carbocycles. The summed E-state index contributed by atoms with van der Waals surface area (Å²) in [5.74, 6) is 0.368. The van der Waals surface area contributed by atoms with E-state index in [4.69, 9.17) is 0 Å². The van der Waals surface area contributed by atoms with E-state index in [1.165, 1.54) is 0 Å². The maximum absolute atomic E-state index is 12.8. The van der Waals surface area contributed by atoms with Gasteiger partial charge in [0.25, 0.3) is 11.8 Å².